The summed E-state index contributed by atoms with van der Waals surface area (Å²) in [5, 5.41) is 3.31. The number of aryl methyl sites for hydroxylation is 2. The van der Waals surface area contributed by atoms with Crippen LogP contribution in [0.25, 0.3) is 0 Å². The van der Waals surface area contributed by atoms with Crippen molar-refractivity contribution >= 4 is 0 Å². The third kappa shape index (κ3) is 4.51. The summed E-state index contributed by atoms with van der Waals surface area (Å²) in [6.07, 6.45) is -0.371. The highest BCUT2D eigenvalue weighted by atomic mass is 19.4. The van der Waals surface area contributed by atoms with Crippen LogP contribution in [-0.4, -0.2) is 12.7 Å². The molecular formula is C16H22F3N. The minimum absolute atomic E-state index is 0.201. The van der Waals surface area contributed by atoms with Gasteiger partial charge in [-0.25, -0.2) is 0 Å². The summed E-state index contributed by atoms with van der Waals surface area (Å²) < 4.78 is 36.0. The Hall–Kier alpha value is -1.03. The minimum Gasteiger partial charge on any atom is -0.310 e. The van der Waals surface area contributed by atoms with E-state index in [0.29, 0.717) is 13.0 Å². The summed E-state index contributed by atoms with van der Waals surface area (Å²) in [6, 6.07) is 6.78. The molecule has 0 radical (unpaired) electrons. The lowest BCUT2D eigenvalue weighted by Crippen LogP contribution is -2.20. The Morgan fingerprint density at radius 2 is 1.90 bits per heavy atom. The molecule has 20 heavy (non-hydrogen) atoms. The Balaban J connectivity index is 1.73. The van der Waals surface area contributed by atoms with Crippen molar-refractivity contribution in [1.82, 2.24) is 5.32 Å². The second-order valence-corrected chi connectivity index (χ2v) is 5.63. The largest absolute Gasteiger partial charge is 0.389 e. The molecular weight excluding hydrogens is 263 g/mol. The first-order chi connectivity index (χ1) is 9.46. The zero-order valence-electron chi connectivity index (χ0n) is 11.9. The van der Waals surface area contributed by atoms with Crippen LogP contribution in [0, 0.1) is 0 Å². The van der Waals surface area contributed by atoms with Crippen LogP contribution in [-0.2, 0) is 12.8 Å². The molecule has 0 amide bonds. The number of alkyl halides is 3. The fourth-order valence-corrected chi connectivity index (χ4v) is 2.75. The number of fused-ring (bicyclic) bond motifs is 1. The van der Waals surface area contributed by atoms with E-state index >= 15 is 0 Å². The summed E-state index contributed by atoms with van der Waals surface area (Å²) in [7, 11) is 0. The quantitative estimate of drug-likeness (QED) is 0.756. The molecule has 1 aliphatic rings. The maximum atomic E-state index is 12.0. The molecule has 0 fully saturated rings. The number of unbranched alkanes of at least 4 members (excludes halogenated alkanes) is 1. The van der Waals surface area contributed by atoms with E-state index < -0.39 is 12.6 Å². The van der Waals surface area contributed by atoms with Crippen molar-refractivity contribution in [1.29, 1.82) is 0 Å². The van der Waals surface area contributed by atoms with Crippen molar-refractivity contribution < 1.29 is 13.2 Å². The maximum Gasteiger partial charge on any atom is 0.389 e. The van der Waals surface area contributed by atoms with Gasteiger partial charge in [-0.1, -0.05) is 18.2 Å². The predicted octanol–water partition coefficient (Wildman–Crippen LogP) is 4.56. The lowest BCUT2D eigenvalue weighted by molar-refractivity contribution is -0.135. The summed E-state index contributed by atoms with van der Waals surface area (Å²) in [6.45, 7) is 2.70. The molecule has 1 atom stereocenters. The van der Waals surface area contributed by atoms with Gasteiger partial charge in [0, 0.05) is 12.5 Å². The van der Waals surface area contributed by atoms with Gasteiger partial charge in [0.05, 0.1) is 0 Å². The molecule has 0 spiro atoms. The molecule has 2 rings (SSSR count). The molecule has 1 aliphatic carbocycles. The normalized spacial score (nSPS) is 16.2. The van der Waals surface area contributed by atoms with Gasteiger partial charge in [-0.2, -0.15) is 13.2 Å². The highest BCUT2D eigenvalue weighted by Gasteiger charge is 2.25. The minimum atomic E-state index is -4.02. The maximum absolute atomic E-state index is 12.0. The van der Waals surface area contributed by atoms with Crippen LogP contribution in [0.1, 0.15) is 55.3 Å². The van der Waals surface area contributed by atoms with Gasteiger partial charge in [-0.05, 0) is 62.3 Å². The van der Waals surface area contributed by atoms with Crippen LogP contribution in [0.2, 0.25) is 0 Å². The molecule has 0 saturated carbocycles. The predicted molar refractivity (Wildman–Crippen MR) is 74.8 cm³/mol. The second-order valence-electron chi connectivity index (χ2n) is 5.63. The summed E-state index contributed by atoms with van der Waals surface area (Å²) in [5.41, 5.74) is 4.13. The van der Waals surface area contributed by atoms with E-state index in [1.54, 1.807) is 0 Å². The number of benzene rings is 1. The van der Waals surface area contributed by atoms with Crippen molar-refractivity contribution in [2.24, 2.45) is 0 Å². The van der Waals surface area contributed by atoms with Gasteiger partial charge in [0.25, 0.3) is 0 Å². The van der Waals surface area contributed by atoms with Crippen molar-refractivity contribution in [2.45, 2.75) is 57.7 Å². The van der Waals surface area contributed by atoms with Gasteiger partial charge in [0.15, 0.2) is 0 Å². The van der Waals surface area contributed by atoms with Gasteiger partial charge in [-0.15, -0.1) is 0 Å². The van der Waals surface area contributed by atoms with Crippen LogP contribution < -0.4 is 5.32 Å². The molecule has 1 aromatic rings. The Morgan fingerprint density at radius 1 is 1.15 bits per heavy atom. The Kier molecular flexibility index (Phi) is 5.08. The summed E-state index contributed by atoms with van der Waals surface area (Å²) >= 11 is 0. The zero-order chi connectivity index (χ0) is 14.6. The second kappa shape index (κ2) is 6.61. The number of hydrogen-bond donors (Lipinski definition) is 1. The van der Waals surface area contributed by atoms with E-state index in [4.69, 9.17) is 0 Å². The molecule has 112 valence electrons. The molecule has 1 N–H and O–H groups in total. The Morgan fingerprint density at radius 3 is 2.65 bits per heavy atom. The topological polar surface area (TPSA) is 12.0 Å². The summed E-state index contributed by atoms with van der Waals surface area (Å²) in [5.74, 6) is 0. The number of hydrogen-bond acceptors (Lipinski definition) is 1. The van der Waals surface area contributed by atoms with E-state index in [2.05, 4.69) is 30.4 Å². The number of halogens is 3. The van der Waals surface area contributed by atoms with E-state index in [1.165, 1.54) is 29.5 Å². The Labute approximate surface area is 118 Å². The van der Waals surface area contributed by atoms with Crippen LogP contribution in [0.15, 0.2) is 18.2 Å². The monoisotopic (exact) mass is 285 g/mol. The van der Waals surface area contributed by atoms with Crippen LogP contribution in [0.3, 0.4) is 0 Å². The van der Waals surface area contributed by atoms with Crippen LogP contribution >= 0.6 is 0 Å². The lowest BCUT2D eigenvalue weighted by atomic mass is 10.0. The first-order valence-corrected chi connectivity index (χ1v) is 7.37. The zero-order valence-corrected chi connectivity index (χ0v) is 11.9. The van der Waals surface area contributed by atoms with Gasteiger partial charge in [-0.3, -0.25) is 0 Å². The van der Waals surface area contributed by atoms with Crippen molar-refractivity contribution in [3.05, 3.63) is 34.9 Å². The van der Waals surface area contributed by atoms with Crippen LogP contribution in [0.5, 0.6) is 0 Å². The average molecular weight is 285 g/mol. The lowest BCUT2D eigenvalue weighted by Gasteiger charge is -2.15. The molecule has 0 saturated heterocycles. The highest BCUT2D eigenvalue weighted by Crippen LogP contribution is 2.25. The number of rotatable bonds is 6. The van der Waals surface area contributed by atoms with E-state index in [1.807, 2.05) is 0 Å². The fourth-order valence-electron chi connectivity index (χ4n) is 2.75. The molecule has 0 aromatic heterocycles. The molecule has 0 bridgehead atoms. The molecule has 1 nitrogen and oxygen atoms in total. The highest BCUT2D eigenvalue weighted by molar-refractivity contribution is 5.36. The van der Waals surface area contributed by atoms with Gasteiger partial charge < -0.3 is 5.32 Å². The van der Waals surface area contributed by atoms with Crippen molar-refractivity contribution in [3.63, 3.8) is 0 Å². The van der Waals surface area contributed by atoms with Crippen molar-refractivity contribution in [3.8, 4) is 0 Å². The van der Waals surface area contributed by atoms with Gasteiger partial charge >= 0.3 is 6.18 Å². The smallest absolute Gasteiger partial charge is 0.310 e. The average Bonchev–Trinajstić information content (AvgIpc) is 2.83. The molecule has 1 unspecified atom stereocenters. The SMILES string of the molecule is CC(NCCCCC(F)(F)F)c1ccc2c(c1)CCC2. The van der Waals surface area contributed by atoms with Gasteiger partial charge in [0.1, 0.15) is 0 Å². The van der Waals surface area contributed by atoms with Crippen molar-refractivity contribution in [2.75, 3.05) is 6.54 Å². The van der Waals surface area contributed by atoms with Gasteiger partial charge in [0.2, 0.25) is 0 Å². The van der Waals surface area contributed by atoms with E-state index in [0.717, 1.165) is 6.42 Å². The Bertz CT molecular complexity index is 440. The first-order valence-electron chi connectivity index (χ1n) is 7.37. The van der Waals surface area contributed by atoms with Crippen LogP contribution in [0.4, 0.5) is 13.2 Å². The molecule has 4 heteroatoms. The first kappa shape index (κ1) is 15.4. The standard InChI is InChI=1S/C16H22F3N/c1-12(20-10-3-2-9-16(17,18)19)14-8-7-13-5-4-6-15(13)11-14/h7-8,11-12,20H,2-6,9-10H2,1H3. The fraction of sp³-hybridized carbons (Fsp3) is 0.625. The molecule has 0 heterocycles. The number of nitrogens with one attached hydrogen (secondary N) is 1. The van der Waals surface area contributed by atoms with E-state index in [-0.39, 0.29) is 12.5 Å². The summed E-state index contributed by atoms with van der Waals surface area (Å²) in [4.78, 5) is 0. The molecule has 0 aliphatic heterocycles. The third-order valence-corrected chi connectivity index (χ3v) is 3.96. The third-order valence-electron chi connectivity index (χ3n) is 3.96. The molecule has 1 aromatic carbocycles. The van der Waals surface area contributed by atoms with E-state index in [9.17, 15) is 13.2 Å².